The Morgan fingerprint density at radius 3 is 2.16 bits per heavy atom. The van der Waals surface area contributed by atoms with Gasteiger partial charge in [-0.2, -0.15) is 0 Å². The topological polar surface area (TPSA) is 38.7 Å². The van der Waals surface area contributed by atoms with E-state index in [1.165, 1.54) is 5.56 Å². The van der Waals surface area contributed by atoms with Crippen LogP contribution in [0.15, 0.2) is 60.9 Å². The van der Waals surface area contributed by atoms with Crippen LogP contribution in [0.3, 0.4) is 0 Å². The fourth-order valence-corrected chi connectivity index (χ4v) is 1.91. The average Bonchev–Trinajstić information content (AvgIpc) is 2.48. The Morgan fingerprint density at radius 1 is 0.684 bits per heavy atom. The van der Waals surface area contributed by atoms with E-state index in [0.717, 1.165) is 22.8 Å². The first-order chi connectivity index (χ1) is 9.33. The predicted molar refractivity (Wildman–Crippen MR) is 75.4 cm³/mol. The molecule has 0 unspecified atom stereocenters. The van der Waals surface area contributed by atoms with Crippen LogP contribution in [0, 0.1) is 6.92 Å². The number of hydrogen-bond donors (Lipinski definition) is 0. The van der Waals surface area contributed by atoms with E-state index in [9.17, 15) is 0 Å². The molecule has 3 heterocycles. The Morgan fingerprint density at radius 2 is 1.42 bits per heavy atom. The van der Waals surface area contributed by atoms with Crippen LogP contribution in [-0.4, -0.2) is 15.0 Å². The quantitative estimate of drug-likeness (QED) is 0.695. The molecule has 3 aromatic heterocycles. The van der Waals surface area contributed by atoms with Crippen LogP contribution in [0.4, 0.5) is 0 Å². The lowest BCUT2D eigenvalue weighted by Crippen LogP contribution is -1.91. The van der Waals surface area contributed by atoms with Crippen LogP contribution >= 0.6 is 0 Å². The van der Waals surface area contributed by atoms with Crippen molar-refractivity contribution in [3.05, 3.63) is 66.5 Å². The summed E-state index contributed by atoms with van der Waals surface area (Å²) in [5, 5.41) is 0. The van der Waals surface area contributed by atoms with Gasteiger partial charge >= 0.3 is 0 Å². The maximum absolute atomic E-state index is 4.63. The van der Waals surface area contributed by atoms with Gasteiger partial charge in [0.25, 0.3) is 0 Å². The molecule has 0 spiro atoms. The van der Waals surface area contributed by atoms with Crippen LogP contribution < -0.4 is 0 Å². The minimum atomic E-state index is 0.862. The summed E-state index contributed by atoms with van der Waals surface area (Å²) in [4.78, 5) is 13.3. The van der Waals surface area contributed by atoms with E-state index < -0.39 is 0 Å². The molecule has 0 saturated heterocycles. The highest BCUT2D eigenvalue weighted by atomic mass is 14.8. The summed E-state index contributed by atoms with van der Waals surface area (Å²) in [5.41, 5.74) is 4.66. The number of pyridine rings is 3. The zero-order valence-corrected chi connectivity index (χ0v) is 10.6. The molecule has 0 N–H and O–H groups in total. The molecular weight excluding hydrogens is 234 g/mol. The second kappa shape index (κ2) is 4.98. The molecule has 92 valence electrons. The molecule has 3 heteroatoms. The number of nitrogens with zero attached hydrogens (tertiary/aromatic N) is 3. The number of aryl methyl sites for hydroxylation is 1. The normalized spacial score (nSPS) is 10.4. The maximum atomic E-state index is 4.63. The Hall–Kier alpha value is -2.55. The lowest BCUT2D eigenvalue weighted by atomic mass is 10.1. The van der Waals surface area contributed by atoms with Gasteiger partial charge in [-0.15, -0.1) is 0 Å². The predicted octanol–water partition coefficient (Wildman–Crippen LogP) is 3.51. The second-order valence-electron chi connectivity index (χ2n) is 4.34. The number of hydrogen-bond acceptors (Lipinski definition) is 3. The van der Waals surface area contributed by atoms with Gasteiger partial charge in [-0.1, -0.05) is 12.1 Å². The van der Waals surface area contributed by atoms with Crippen molar-refractivity contribution in [2.24, 2.45) is 0 Å². The van der Waals surface area contributed by atoms with Gasteiger partial charge in [0.15, 0.2) is 0 Å². The van der Waals surface area contributed by atoms with Crippen LogP contribution in [0.1, 0.15) is 5.56 Å². The maximum Gasteiger partial charge on any atom is 0.0894 e. The van der Waals surface area contributed by atoms with Crippen molar-refractivity contribution >= 4 is 0 Å². The van der Waals surface area contributed by atoms with Crippen LogP contribution in [0.2, 0.25) is 0 Å². The van der Waals surface area contributed by atoms with Gasteiger partial charge in [-0.3, -0.25) is 9.97 Å². The molecule has 0 aliphatic heterocycles. The Labute approximate surface area is 112 Å². The number of rotatable bonds is 2. The number of aromatic nitrogens is 3. The third-order valence-corrected chi connectivity index (χ3v) is 2.85. The minimum Gasteiger partial charge on any atom is -0.255 e. The molecule has 0 radical (unpaired) electrons. The molecule has 19 heavy (non-hydrogen) atoms. The summed E-state index contributed by atoms with van der Waals surface area (Å²) >= 11 is 0. The summed E-state index contributed by atoms with van der Waals surface area (Å²) in [7, 11) is 0. The molecule has 0 fully saturated rings. The first kappa shape index (κ1) is 11.5. The first-order valence-corrected chi connectivity index (χ1v) is 6.14. The lowest BCUT2D eigenvalue weighted by Gasteiger charge is -2.04. The van der Waals surface area contributed by atoms with Crippen molar-refractivity contribution < 1.29 is 0 Å². The van der Waals surface area contributed by atoms with E-state index in [-0.39, 0.29) is 0 Å². The van der Waals surface area contributed by atoms with Gasteiger partial charge in [-0.05, 0) is 48.9 Å². The molecule has 0 amide bonds. The van der Waals surface area contributed by atoms with Crippen molar-refractivity contribution in [2.45, 2.75) is 6.92 Å². The van der Waals surface area contributed by atoms with E-state index in [0.29, 0.717) is 0 Å². The zero-order chi connectivity index (χ0) is 13.1. The van der Waals surface area contributed by atoms with E-state index in [4.69, 9.17) is 0 Å². The van der Waals surface area contributed by atoms with Crippen molar-refractivity contribution in [3.63, 3.8) is 0 Å². The minimum absolute atomic E-state index is 0.862. The summed E-state index contributed by atoms with van der Waals surface area (Å²) in [6.07, 6.45) is 3.58. The Balaban J connectivity index is 2.06. The summed E-state index contributed by atoms with van der Waals surface area (Å²) in [6, 6.07) is 15.7. The van der Waals surface area contributed by atoms with E-state index in [1.54, 1.807) is 12.4 Å². The SMILES string of the molecule is Cc1ccnc(-c2cccc(-c3ccccn3)n2)c1. The largest absolute Gasteiger partial charge is 0.255 e. The molecule has 0 aliphatic rings. The van der Waals surface area contributed by atoms with Gasteiger partial charge < -0.3 is 0 Å². The second-order valence-corrected chi connectivity index (χ2v) is 4.34. The van der Waals surface area contributed by atoms with Gasteiger partial charge in [0.2, 0.25) is 0 Å². The van der Waals surface area contributed by atoms with Gasteiger partial charge in [0.05, 0.1) is 22.8 Å². The van der Waals surface area contributed by atoms with Crippen molar-refractivity contribution in [2.75, 3.05) is 0 Å². The van der Waals surface area contributed by atoms with Crippen molar-refractivity contribution in [1.82, 2.24) is 15.0 Å². The van der Waals surface area contributed by atoms with Gasteiger partial charge in [-0.25, -0.2) is 4.98 Å². The molecule has 0 bridgehead atoms. The molecule has 0 atom stereocenters. The third kappa shape index (κ3) is 2.50. The molecular formula is C16H13N3. The lowest BCUT2D eigenvalue weighted by molar-refractivity contribution is 1.21. The smallest absolute Gasteiger partial charge is 0.0894 e. The summed E-state index contributed by atoms with van der Waals surface area (Å²) in [6.45, 7) is 2.05. The van der Waals surface area contributed by atoms with Crippen LogP contribution in [0.25, 0.3) is 22.8 Å². The standard InChI is InChI=1S/C16H13N3/c1-12-8-10-18-16(11-12)15-7-4-6-14(19-15)13-5-2-3-9-17-13/h2-11H,1H3. The fourth-order valence-electron chi connectivity index (χ4n) is 1.91. The van der Waals surface area contributed by atoms with Gasteiger partial charge in [0.1, 0.15) is 0 Å². The molecule has 0 saturated carbocycles. The van der Waals surface area contributed by atoms with E-state index >= 15 is 0 Å². The molecule has 3 aromatic rings. The highest BCUT2D eigenvalue weighted by Crippen LogP contribution is 2.20. The van der Waals surface area contributed by atoms with E-state index in [2.05, 4.69) is 15.0 Å². The van der Waals surface area contributed by atoms with Crippen LogP contribution in [-0.2, 0) is 0 Å². The zero-order valence-electron chi connectivity index (χ0n) is 10.6. The molecule has 0 aliphatic carbocycles. The van der Waals surface area contributed by atoms with Gasteiger partial charge in [0, 0.05) is 12.4 Å². The Kier molecular flexibility index (Phi) is 3.02. The highest BCUT2D eigenvalue weighted by molar-refractivity contribution is 5.61. The Bertz CT molecular complexity index is 693. The van der Waals surface area contributed by atoms with Crippen molar-refractivity contribution in [3.8, 4) is 22.8 Å². The fraction of sp³-hybridized carbons (Fsp3) is 0.0625. The third-order valence-electron chi connectivity index (χ3n) is 2.85. The summed E-state index contributed by atoms with van der Waals surface area (Å²) < 4.78 is 0. The van der Waals surface area contributed by atoms with Crippen molar-refractivity contribution in [1.29, 1.82) is 0 Å². The monoisotopic (exact) mass is 247 g/mol. The highest BCUT2D eigenvalue weighted by Gasteiger charge is 2.04. The molecule has 3 rings (SSSR count). The van der Waals surface area contributed by atoms with Crippen LogP contribution in [0.5, 0.6) is 0 Å². The summed E-state index contributed by atoms with van der Waals surface area (Å²) in [5.74, 6) is 0. The first-order valence-electron chi connectivity index (χ1n) is 6.14. The molecule has 3 nitrogen and oxygen atoms in total. The molecule has 0 aromatic carbocycles. The average molecular weight is 247 g/mol. The van der Waals surface area contributed by atoms with E-state index in [1.807, 2.05) is 55.5 Å².